The van der Waals surface area contributed by atoms with E-state index in [0.29, 0.717) is 6.04 Å². The Balaban J connectivity index is 2.91. The maximum Gasteiger partial charge on any atom is 0.150 e. The molecule has 1 aromatic rings. The summed E-state index contributed by atoms with van der Waals surface area (Å²) in [5, 5.41) is 0. The number of aldehydes is 1. The Morgan fingerprint density at radius 1 is 1.44 bits per heavy atom. The van der Waals surface area contributed by atoms with Crippen molar-refractivity contribution >= 4 is 12.0 Å². The Kier molecular flexibility index (Phi) is 4.53. The Labute approximate surface area is 98.3 Å². The van der Waals surface area contributed by atoms with Crippen molar-refractivity contribution in [1.82, 2.24) is 0 Å². The molecule has 1 atom stereocenters. The second-order valence-electron chi connectivity index (χ2n) is 4.41. The van der Waals surface area contributed by atoms with E-state index in [4.69, 9.17) is 0 Å². The molecule has 1 rings (SSSR count). The van der Waals surface area contributed by atoms with Crippen LogP contribution in [0.1, 0.15) is 42.6 Å². The van der Waals surface area contributed by atoms with Gasteiger partial charge in [0.2, 0.25) is 0 Å². The molecule has 0 amide bonds. The lowest BCUT2D eigenvalue weighted by molar-refractivity contribution is 0.112. The van der Waals surface area contributed by atoms with Gasteiger partial charge in [-0.25, -0.2) is 0 Å². The minimum Gasteiger partial charge on any atom is -0.372 e. The van der Waals surface area contributed by atoms with Gasteiger partial charge >= 0.3 is 0 Å². The Hall–Kier alpha value is -1.31. The molecule has 0 aliphatic heterocycles. The molecule has 2 nitrogen and oxygen atoms in total. The van der Waals surface area contributed by atoms with Gasteiger partial charge in [-0.3, -0.25) is 4.79 Å². The van der Waals surface area contributed by atoms with Gasteiger partial charge in [-0.1, -0.05) is 13.3 Å². The summed E-state index contributed by atoms with van der Waals surface area (Å²) < 4.78 is 0. The minimum absolute atomic E-state index is 0.533. The molecule has 16 heavy (non-hydrogen) atoms. The van der Waals surface area contributed by atoms with Crippen LogP contribution in [0.3, 0.4) is 0 Å². The average molecular weight is 219 g/mol. The highest BCUT2D eigenvalue weighted by molar-refractivity contribution is 5.76. The summed E-state index contributed by atoms with van der Waals surface area (Å²) in [6, 6.07) is 6.39. The molecule has 0 bridgehead atoms. The summed E-state index contributed by atoms with van der Waals surface area (Å²) in [7, 11) is 2.11. The van der Waals surface area contributed by atoms with E-state index in [1.54, 1.807) is 0 Å². The van der Waals surface area contributed by atoms with Crippen molar-refractivity contribution in [2.45, 2.75) is 39.7 Å². The molecular formula is C14H21NO. The molecule has 0 spiro atoms. The lowest BCUT2D eigenvalue weighted by atomic mass is 10.1. The molecule has 0 aliphatic carbocycles. The molecule has 88 valence electrons. The Morgan fingerprint density at radius 2 is 2.12 bits per heavy atom. The zero-order valence-electron chi connectivity index (χ0n) is 10.7. The fraction of sp³-hybridized carbons (Fsp3) is 0.500. The summed E-state index contributed by atoms with van der Waals surface area (Å²) in [6.45, 7) is 6.49. The first-order valence-corrected chi connectivity index (χ1v) is 5.88. The largest absolute Gasteiger partial charge is 0.372 e. The van der Waals surface area contributed by atoms with Crippen LogP contribution in [0, 0.1) is 6.92 Å². The van der Waals surface area contributed by atoms with Crippen molar-refractivity contribution in [2.75, 3.05) is 11.9 Å². The summed E-state index contributed by atoms with van der Waals surface area (Å²) in [4.78, 5) is 12.9. The third kappa shape index (κ3) is 2.84. The zero-order chi connectivity index (χ0) is 12.1. The lowest BCUT2D eigenvalue weighted by Crippen LogP contribution is -2.29. The fourth-order valence-corrected chi connectivity index (χ4v) is 2.00. The summed E-state index contributed by atoms with van der Waals surface area (Å²) in [5.74, 6) is 0. The third-order valence-corrected chi connectivity index (χ3v) is 3.10. The molecule has 1 aromatic carbocycles. The molecule has 0 aromatic heterocycles. The van der Waals surface area contributed by atoms with Gasteiger partial charge in [-0.2, -0.15) is 0 Å². The quantitative estimate of drug-likeness (QED) is 0.707. The zero-order valence-corrected chi connectivity index (χ0v) is 10.7. The average Bonchev–Trinajstić information content (AvgIpc) is 2.28. The van der Waals surface area contributed by atoms with E-state index < -0.39 is 0 Å². The molecule has 0 saturated carbocycles. The highest BCUT2D eigenvalue weighted by Gasteiger charge is 2.11. The van der Waals surface area contributed by atoms with Crippen LogP contribution in [0.5, 0.6) is 0 Å². The summed E-state index contributed by atoms with van der Waals surface area (Å²) >= 11 is 0. The fourth-order valence-electron chi connectivity index (χ4n) is 2.00. The van der Waals surface area contributed by atoms with Gasteiger partial charge in [0.1, 0.15) is 6.29 Å². The number of carbonyl (C=O) groups excluding carboxylic acids is 1. The van der Waals surface area contributed by atoms with E-state index in [9.17, 15) is 4.79 Å². The van der Waals surface area contributed by atoms with E-state index in [0.717, 1.165) is 17.4 Å². The maximum absolute atomic E-state index is 10.7. The monoisotopic (exact) mass is 219 g/mol. The van der Waals surface area contributed by atoms with Crippen molar-refractivity contribution < 1.29 is 4.79 Å². The van der Waals surface area contributed by atoms with Gasteiger partial charge in [0.05, 0.1) is 0 Å². The number of aryl methyl sites for hydroxylation is 1. The van der Waals surface area contributed by atoms with Gasteiger partial charge in [0.25, 0.3) is 0 Å². The predicted octanol–water partition coefficient (Wildman–Crippen LogP) is 3.43. The second-order valence-corrected chi connectivity index (χ2v) is 4.41. The maximum atomic E-state index is 10.7. The molecule has 0 saturated heterocycles. The standard InChI is InChI=1S/C14H21NO/c1-5-6-12(3)15(4)14-8-7-13(10-16)9-11(14)2/h7-10,12H,5-6H2,1-4H3. The van der Waals surface area contributed by atoms with Crippen LogP contribution in [0.2, 0.25) is 0 Å². The SMILES string of the molecule is CCCC(C)N(C)c1ccc(C=O)cc1C. The highest BCUT2D eigenvalue weighted by Crippen LogP contribution is 2.22. The van der Waals surface area contributed by atoms with Gasteiger partial charge in [-0.15, -0.1) is 0 Å². The predicted molar refractivity (Wildman–Crippen MR) is 69.3 cm³/mol. The van der Waals surface area contributed by atoms with Crippen molar-refractivity contribution in [1.29, 1.82) is 0 Å². The Bertz CT molecular complexity index is 360. The number of rotatable bonds is 5. The molecular weight excluding hydrogens is 198 g/mol. The summed E-state index contributed by atoms with van der Waals surface area (Å²) in [5.41, 5.74) is 3.12. The number of benzene rings is 1. The van der Waals surface area contributed by atoms with Gasteiger partial charge < -0.3 is 4.90 Å². The van der Waals surface area contributed by atoms with Crippen LogP contribution in [0.25, 0.3) is 0 Å². The number of carbonyl (C=O) groups is 1. The second kappa shape index (κ2) is 5.69. The van der Waals surface area contributed by atoms with E-state index in [1.165, 1.54) is 18.5 Å². The number of hydrogen-bond acceptors (Lipinski definition) is 2. The van der Waals surface area contributed by atoms with E-state index >= 15 is 0 Å². The van der Waals surface area contributed by atoms with Crippen LogP contribution < -0.4 is 4.90 Å². The van der Waals surface area contributed by atoms with Gasteiger partial charge in [0, 0.05) is 24.3 Å². The van der Waals surface area contributed by atoms with Gasteiger partial charge in [0.15, 0.2) is 0 Å². The molecule has 0 aliphatic rings. The first kappa shape index (κ1) is 12.8. The molecule has 0 N–H and O–H groups in total. The third-order valence-electron chi connectivity index (χ3n) is 3.10. The normalized spacial score (nSPS) is 12.2. The van der Waals surface area contributed by atoms with Crippen molar-refractivity contribution in [3.63, 3.8) is 0 Å². The van der Waals surface area contributed by atoms with Crippen LogP contribution in [-0.2, 0) is 0 Å². The van der Waals surface area contributed by atoms with Crippen LogP contribution in [-0.4, -0.2) is 19.4 Å². The van der Waals surface area contributed by atoms with Crippen LogP contribution >= 0.6 is 0 Å². The number of anilines is 1. The van der Waals surface area contributed by atoms with E-state index in [2.05, 4.69) is 32.7 Å². The number of hydrogen-bond donors (Lipinski definition) is 0. The van der Waals surface area contributed by atoms with Crippen LogP contribution in [0.15, 0.2) is 18.2 Å². The van der Waals surface area contributed by atoms with Crippen molar-refractivity contribution in [3.8, 4) is 0 Å². The first-order valence-electron chi connectivity index (χ1n) is 5.88. The summed E-state index contributed by atoms with van der Waals surface area (Å²) in [6.07, 6.45) is 3.27. The molecule has 2 heteroatoms. The topological polar surface area (TPSA) is 20.3 Å². The number of nitrogens with zero attached hydrogens (tertiary/aromatic N) is 1. The molecule has 1 unspecified atom stereocenters. The van der Waals surface area contributed by atoms with E-state index in [1.807, 2.05) is 18.2 Å². The highest BCUT2D eigenvalue weighted by atomic mass is 16.1. The molecule has 0 heterocycles. The van der Waals surface area contributed by atoms with Crippen molar-refractivity contribution in [3.05, 3.63) is 29.3 Å². The van der Waals surface area contributed by atoms with E-state index in [-0.39, 0.29) is 0 Å². The molecule has 0 radical (unpaired) electrons. The molecule has 0 fully saturated rings. The first-order chi connectivity index (χ1) is 7.60. The van der Waals surface area contributed by atoms with Crippen LogP contribution in [0.4, 0.5) is 5.69 Å². The van der Waals surface area contributed by atoms with Gasteiger partial charge in [-0.05, 0) is 44.0 Å². The van der Waals surface area contributed by atoms with Crippen molar-refractivity contribution in [2.24, 2.45) is 0 Å². The smallest absolute Gasteiger partial charge is 0.150 e. The lowest BCUT2D eigenvalue weighted by Gasteiger charge is -2.28. The Morgan fingerprint density at radius 3 is 2.62 bits per heavy atom. The minimum atomic E-state index is 0.533.